The Hall–Kier alpha value is -3.58. The number of nitrogens with zero attached hydrogens (tertiary/aromatic N) is 2. The van der Waals surface area contributed by atoms with Crippen LogP contribution in [0.5, 0.6) is 0 Å². The molecule has 0 atom stereocenters. The number of carbonyl (C=O) groups excluding carboxylic acids is 2. The van der Waals surface area contributed by atoms with Gasteiger partial charge in [0.2, 0.25) is 5.91 Å². The number of hydrogen-bond acceptors (Lipinski definition) is 2. The summed E-state index contributed by atoms with van der Waals surface area (Å²) in [5.41, 5.74) is 4.04. The van der Waals surface area contributed by atoms with Crippen molar-refractivity contribution >= 4 is 44.5 Å². The summed E-state index contributed by atoms with van der Waals surface area (Å²) in [5, 5.41) is 4.14. The summed E-state index contributed by atoms with van der Waals surface area (Å²) in [7, 11) is 0. The summed E-state index contributed by atoms with van der Waals surface area (Å²) in [6.07, 6.45) is 4.60. The average molecular weight is 545 g/mol. The Labute approximate surface area is 219 Å². The molecule has 1 aliphatic rings. The van der Waals surface area contributed by atoms with Gasteiger partial charge in [0, 0.05) is 40.7 Å². The smallest absolute Gasteiger partial charge is 0.322 e. The summed E-state index contributed by atoms with van der Waals surface area (Å²) in [5.74, 6) is -0.0483. The molecule has 0 saturated heterocycles. The van der Waals surface area contributed by atoms with Gasteiger partial charge in [0.1, 0.15) is 6.54 Å². The quantitative estimate of drug-likeness (QED) is 0.263. The van der Waals surface area contributed by atoms with Gasteiger partial charge in [0.25, 0.3) is 0 Å². The van der Waals surface area contributed by atoms with Gasteiger partial charge in [-0.15, -0.1) is 0 Å². The fraction of sp³-hybridized carbons (Fsp3) is 0.241. The minimum atomic E-state index is -0.242. The molecule has 3 amide bonds. The maximum atomic E-state index is 13.6. The number of nitrogens with one attached hydrogen (secondary N) is 2. The van der Waals surface area contributed by atoms with E-state index in [2.05, 4.69) is 38.4 Å². The van der Waals surface area contributed by atoms with E-state index in [0.717, 1.165) is 34.8 Å². The van der Waals surface area contributed by atoms with Crippen molar-refractivity contribution in [3.63, 3.8) is 0 Å². The van der Waals surface area contributed by atoms with Crippen molar-refractivity contribution < 1.29 is 9.59 Å². The SMILES string of the molecule is O=C(CN(C(=O)Nc1ccccc1Br)C1CC1)N(CCc1c[nH]c2ccccc12)Cc1ccccc1. The van der Waals surface area contributed by atoms with E-state index >= 15 is 0 Å². The van der Waals surface area contributed by atoms with E-state index in [0.29, 0.717) is 18.8 Å². The molecule has 1 aliphatic carbocycles. The van der Waals surface area contributed by atoms with Crippen molar-refractivity contribution in [1.29, 1.82) is 0 Å². The molecule has 0 radical (unpaired) electrons. The van der Waals surface area contributed by atoms with Crippen LogP contribution < -0.4 is 5.32 Å². The molecule has 5 rings (SSSR count). The predicted octanol–water partition coefficient (Wildman–Crippen LogP) is 6.20. The van der Waals surface area contributed by atoms with Gasteiger partial charge in [-0.2, -0.15) is 0 Å². The highest BCUT2D eigenvalue weighted by Crippen LogP contribution is 2.29. The molecule has 184 valence electrons. The Balaban J connectivity index is 1.31. The summed E-state index contributed by atoms with van der Waals surface area (Å²) >= 11 is 3.48. The van der Waals surface area contributed by atoms with Gasteiger partial charge >= 0.3 is 6.03 Å². The van der Waals surface area contributed by atoms with Crippen LogP contribution in [0.25, 0.3) is 10.9 Å². The third-order valence-electron chi connectivity index (χ3n) is 6.56. The lowest BCUT2D eigenvalue weighted by atomic mass is 10.1. The fourth-order valence-electron chi connectivity index (χ4n) is 4.44. The van der Waals surface area contributed by atoms with Crippen molar-refractivity contribution in [3.05, 3.63) is 101 Å². The van der Waals surface area contributed by atoms with Crippen molar-refractivity contribution in [1.82, 2.24) is 14.8 Å². The van der Waals surface area contributed by atoms with Gasteiger partial charge in [-0.3, -0.25) is 4.79 Å². The van der Waals surface area contributed by atoms with E-state index < -0.39 is 0 Å². The molecule has 0 spiro atoms. The number of halogens is 1. The van der Waals surface area contributed by atoms with Crippen LogP contribution in [0, 0.1) is 0 Å². The first-order valence-corrected chi connectivity index (χ1v) is 13.1. The highest BCUT2D eigenvalue weighted by molar-refractivity contribution is 9.10. The molecule has 6 nitrogen and oxygen atoms in total. The molecule has 3 aromatic carbocycles. The molecule has 1 aromatic heterocycles. The highest BCUT2D eigenvalue weighted by Gasteiger charge is 2.35. The molecular weight excluding hydrogens is 516 g/mol. The van der Waals surface area contributed by atoms with Crippen LogP contribution in [0.2, 0.25) is 0 Å². The number of rotatable bonds is 9. The van der Waals surface area contributed by atoms with E-state index in [-0.39, 0.29) is 24.5 Å². The molecule has 0 bridgehead atoms. The van der Waals surface area contributed by atoms with Gasteiger partial charge in [-0.05, 0) is 64.5 Å². The molecular formula is C29H29BrN4O2. The largest absolute Gasteiger partial charge is 0.361 e. The average Bonchev–Trinajstić information content (AvgIpc) is 3.66. The van der Waals surface area contributed by atoms with Gasteiger partial charge < -0.3 is 20.1 Å². The molecule has 1 fully saturated rings. The summed E-state index contributed by atoms with van der Waals surface area (Å²) in [6.45, 7) is 1.13. The number of fused-ring (bicyclic) bond motifs is 1. The number of H-pyrrole nitrogens is 1. The van der Waals surface area contributed by atoms with Crippen molar-refractivity contribution in [2.75, 3.05) is 18.4 Å². The minimum Gasteiger partial charge on any atom is -0.361 e. The lowest BCUT2D eigenvalue weighted by Gasteiger charge is -2.28. The van der Waals surface area contributed by atoms with Crippen molar-refractivity contribution in [2.24, 2.45) is 0 Å². The molecule has 1 saturated carbocycles. The number of aromatic amines is 1. The van der Waals surface area contributed by atoms with Crippen LogP contribution in [0.1, 0.15) is 24.0 Å². The maximum absolute atomic E-state index is 13.6. The second kappa shape index (κ2) is 11.0. The number of aromatic nitrogens is 1. The first-order valence-electron chi connectivity index (χ1n) is 12.3. The molecule has 0 unspecified atom stereocenters. The highest BCUT2D eigenvalue weighted by atomic mass is 79.9. The number of hydrogen-bond donors (Lipinski definition) is 2. The number of benzene rings is 3. The zero-order valence-electron chi connectivity index (χ0n) is 20.0. The third kappa shape index (κ3) is 5.79. The van der Waals surface area contributed by atoms with Gasteiger partial charge in [-0.25, -0.2) is 4.79 Å². The zero-order valence-corrected chi connectivity index (χ0v) is 21.6. The van der Waals surface area contributed by atoms with Gasteiger partial charge in [0.15, 0.2) is 0 Å². The summed E-state index contributed by atoms with van der Waals surface area (Å²) < 4.78 is 0.810. The lowest BCUT2D eigenvalue weighted by Crippen LogP contribution is -2.45. The van der Waals surface area contributed by atoms with E-state index in [1.807, 2.05) is 77.8 Å². The Kier molecular flexibility index (Phi) is 7.37. The van der Waals surface area contributed by atoms with Crippen molar-refractivity contribution in [2.45, 2.75) is 31.8 Å². The molecule has 7 heteroatoms. The van der Waals surface area contributed by atoms with E-state index in [1.54, 1.807) is 4.90 Å². The van der Waals surface area contributed by atoms with E-state index in [4.69, 9.17) is 0 Å². The van der Waals surface area contributed by atoms with Crippen LogP contribution in [-0.2, 0) is 17.8 Å². The monoisotopic (exact) mass is 544 g/mol. The van der Waals surface area contributed by atoms with Crippen LogP contribution in [0.15, 0.2) is 89.5 Å². The van der Waals surface area contributed by atoms with Crippen LogP contribution in [0.3, 0.4) is 0 Å². The van der Waals surface area contributed by atoms with Crippen LogP contribution in [-0.4, -0.2) is 45.9 Å². The number of amides is 3. The Morgan fingerprint density at radius 2 is 1.67 bits per heavy atom. The maximum Gasteiger partial charge on any atom is 0.322 e. The topological polar surface area (TPSA) is 68.4 Å². The van der Waals surface area contributed by atoms with E-state index in [1.165, 1.54) is 10.9 Å². The number of anilines is 1. The van der Waals surface area contributed by atoms with Crippen LogP contribution >= 0.6 is 15.9 Å². The lowest BCUT2D eigenvalue weighted by molar-refractivity contribution is -0.132. The Morgan fingerprint density at radius 1 is 0.944 bits per heavy atom. The fourth-order valence-corrected chi connectivity index (χ4v) is 4.82. The first-order chi connectivity index (χ1) is 17.6. The number of carbonyl (C=O) groups is 2. The second-order valence-electron chi connectivity index (χ2n) is 9.18. The summed E-state index contributed by atoms with van der Waals surface area (Å²) in [4.78, 5) is 33.7. The molecule has 4 aromatic rings. The molecule has 1 heterocycles. The number of para-hydroxylation sites is 2. The zero-order chi connectivity index (χ0) is 24.9. The number of urea groups is 1. The van der Waals surface area contributed by atoms with Crippen molar-refractivity contribution in [3.8, 4) is 0 Å². The molecule has 0 aliphatic heterocycles. The second-order valence-corrected chi connectivity index (χ2v) is 10.0. The van der Waals surface area contributed by atoms with Gasteiger partial charge in [0.05, 0.1) is 5.69 Å². The minimum absolute atomic E-state index is 0.0483. The van der Waals surface area contributed by atoms with E-state index in [9.17, 15) is 9.59 Å². The standard InChI is InChI=1S/C29H29BrN4O2/c30-25-11-5-7-13-27(25)32-29(36)34(23-14-15-23)20-28(35)33(19-21-8-2-1-3-9-21)17-16-22-18-31-26-12-6-4-10-24(22)26/h1-13,18,23,31H,14-17,19-20H2,(H,32,36). The Morgan fingerprint density at radius 3 is 2.44 bits per heavy atom. The summed E-state index contributed by atoms with van der Waals surface area (Å²) in [6, 6.07) is 25.6. The van der Waals surface area contributed by atoms with Gasteiger partial charge in [-0.1, -0.05) is 60.7 Å². The first kappa shape index (κ1) is 24.1. The normalized spacial score (nSPS) is 12.9. The predicted molar refractivity (Wildman–Crippen MR) is 147 cm³/mol. The van der Waals surface area contributed by atoms with Crippen LogP contribution in [0.4, 0.5) is 10.5 Å². The third-order valence-corrected chi connectivity index (χ3v) is 7.26. The molecule has 2 N–H and O–H groups in total. The molecule has 36 heavy (non-hydrogen) atoms. The Bertz CT molecular complexity index is 1350.